The predicted molar refractivity (Wildman–Crippen MR) is 89.4 cm³/mol. The summed E-state index contributed by atoms with van der Waals surface area (Å²) in [6.07, 6.45) is 1.45. The summed E-state index contributed by atoms with van der Waals surface area (Å²) in [4.78, 5) is 10.5. The van der Waals surface area contributed by atoms with Crippen molar-refractivity contribution < 1.29 is 17.7 Å². The number of hydrogen-bond acceptors (Lipinski definition) is 5. The molecule has 2 rings (SSSR count). The maximum Gasteiger partial charge on any atom is 0.293 e. The monoisotopic (exact) mass is 352 g/mol. The Morgan fingerprint density at radius 3 is 2.54 bits per heavy atom. The van der Waals surface area contributed by atoms with E-state index in [2.05, 4.69) is 5.32 Å². The minimum absolute atomic E-state index is 0.113. The number of nitro benzene ring substituents is 1. The summed E-state index contributed by atoms with van der Waals surface area (Å²) in [6.45, 7) is 1.80. The molecule has 0 aliphatic rings. The second-order valence-electron chi connectivity index (χ2n) is 5.59. The Hall–Kier alpha value is -2.48. The van der Waals surface area contributed by atoms with Crippen LogP contribution in [0.2, 0.25) is 0 Å². The van der Waals surface area contributed by atoms with Gasteiger partial charge in [-0.3, -0.25) is 10.1 Å². The van der Waals surface area contributed by atoms with Gasteiger partial charge in [-0.25, -0.2) is 12.8 Å². The molecule has 2 aromatic carbocycles. The van der Waals surface area contributed by atoms with E-state index in [1.165, 1.54) is 24.3 Å². The van der Waals surface area contributed by atoms with E-state index < -0.39 is 14.8 Å². The zero-order chi connectivity index (χ0) is 17.9. The molecule has 24 heavy (non-hydrogen) atoms. The second-order valence-corrected chi connectivity index (χ2v) is 7.60. The smallest absolute Gasteiger partial charge is 0.293 e. The van der Waals surface area contributed by atoms with Crippen LogP contribution in [0.5, 0.6) is 0 Å². The lowest BCUT2D eigenvalue weighted by Gasteiger charge is -2.16. The number of hydrogen-bond donors (Lipinski definition) is 1. The van der Waals surface area contributed by atoms with Crippen molar-refractivity contribution in [1.82, 2.24) is 0 Å². The van der Waals surface area contributed by atoms with E-state index in [4.69, 9.17) is 0 Å². The van der Waals surface area contributed by atoms with Gasteiger partial charge in [0.1, 0.15) is 11.5 Å². The van der Waals surface area contributed by atoms with Gasteiger partial charge in [-0.05, 0) is 43.2 Å². The van der Waals surface area contributed by atoms with Gasteiger partial charge in [0.2, 0.25) is 0 Å². The second kappa shape index (κ2) is 6.96. The molecular weight excluding hydrogens is 335 g/mol. The summed E-state index contributed by atoms with van der Waals surface area (Å²) < 4.78 is 36.3. The van der Waals surface area contributed by atoms with E-state index in [1.54, 1.807) is 19.1 Å². The fraction of sp³-hybridized carbons (Fsp3) is 0.250. The summed E-state index contributed by atoms with van der Waals surface area (Å²) in [5.74, 6) is -0.344. The Morgan fingerprint density at radius 1 is 1.25 bits per heavy atom. The van der Waals surface area contributed by atoms with Crippen LogP contribution in [0.4, 0.5) is 15.8 Å². The Bertz CT molecular complexity index is 868. The first-order chi connectivity index (χ1) is 11.2. The number of rotatable bonds is 6. The molecule has 0 radical (unpaired) electrons. The van der Waals surface area contributed by atoms with E-state index in [9.17, 15) is 22.9 Å². The Balaban J connectivity index is 2.23. The van der Waals surface area contributed by atoms with E-state index >= 15 is 0 Å². The van der Waals surface area contributed by atoms with Gasteiger partial charge >= 0.3 is 0 Å². The van der Waals surface area contributed by atoms with Crippen LogP contribution in [0.3, 0.4) is 0 Å². The van der Waals surface area contributed by atoms with Crippen molar-refractivity contribution in [2.24, 2.45) is 0 Å². The quantitative estimate of drug-likeness (QED) is 0.637. The van der Waals surface area contributed by atoms with Crippen LogP contribution < -0.4 is 5.32 Å². The largest absolute Gasteiger partial charge is 0.377 e. The molecule has 1 N–H and O–H groups in total. The van der Waals surface area contributed by atoms with Crippen molar-refractivity contribution in [3.8, 4) is 0 Å². The molecule has 1 unspecified atom stereocenters. The van der Waals surface area contributed by atoms with Crippen molar-refractivity contribution in [1.29, 1.82) is 0 Å². The number of benzene rings is 2. The third-order valence-electron chi connectivity index (χ3n) is 3.43. The molecule has 0 aliphatic heterocycles. The highest BCUT2D eigenvalue weighted by Crippen LogP contribution is 2.28. The number of nitro groups is 1. The Morgan fingerprint density at radius 2 is 1.96 bits per heavy atom. The summed E-state index contributed by atoms with van der Waals surface area (Å²) in [6, 6.07) is 9.62. The average molecular weight is 352 g/mol. The highest BCUT2D eigenvalue weighted by Gasteiger charge is 2.19. The lowest BCUT2D eigenvalue weighted by Crippen LogP contribution is -2.19. The molecule has 2 aromatic rings. The van der Waals surface area contributed by atoms with Crippen LogP contribution in [0.1, 0.15) is 12.5 Å². The first kappa shape index (κ1) is 17.9. The molecule has 0 spiro atoms. The highest BCUT2D eigenvalue weighted by molar-refractivity contribution is 7.90. The van der Waals surface area contributed by atoms with Crippen LogP contribution in [0, 0.1) is 15.9 Å². The van der Waals surface area contributed by atoms with Gasteiger partial charge < -0.3 is 5.32 Å². The Labute approximate surface area is 139 Å². The first-order valence-corrected chi connectivity index (χ1v) is 9.05. The zero-order valence-corrected chi connectivity index (χ0v) is 14.0. The van der Waals surface area contributed by atoms with Crippen molar-refractivity contribution in [2.75, 3.05) is 11.6 Å². The number of nitrogens with one attached hydrogen (secondary N) is 1. The first-order valence-electron chi connectivity index (χ1n) is 7.16. The van der Waals surface area contributed by atoms with E-state index in [1.807, 2.05) is 0 Å². The molecule has 128 valence electrons. The molecule has 0 fully saturated rings. The number of anilines is 1. The average Bonchev–Trinajstić information content (AvgIpc) is 2.46. The van der Waals surface area contributed by atoms with Crippen LogP contribution in [0.25, 0.3) is 0 Å². The molecule has 0 bridgehead atoms. The van der Waals surface area contributed by atoms with Crippen LogP contribution in [-0.4, -0.2) is 25.6 Å². The minimum atomic E-state index is -3.53. The van der Waals surface area contributed by atoms with E-state index in [0.717, 1.165) is 17.9 Å². The van der Waals surface area contributed by atoms with Gasteiger partial charge in [0.25, 0.3) is 5.69 Å². The SMILES string of the molecule is CC(Cc1cccc(F)c1)Nc1ccc(S(C)(=O)=O)cc1[N+](=O)[O-]. The molecular formula is C16H17FN2O4S. The molecule has 0 saturated carbocycles. The number of nitrogens with zero attached hydrogens (tertiary/aromatic N) is 1. The molecule has 0 amide bonds. The van der Waals surface area contributed by atoms with Crippen molar-refractivity contribution in [3.63, 3.8) is 0 Å². The fourth-order valence-electron chi connectivity index (χ4n) is 2.35. The summed E-state index contributed by atoms with van der Waals surface area (Å²) in [5.41, 5.74) is 0.658. The summed E-state index contributed by atoms with van der Waals surface area (Å²) >= 11 is 0. The van der Waals surface area contributed by atoms with Gasteiger partial charge in [0.05, 0.1) is 9.82 Å². The lowest BCUT2D eigenvalue weighted by atomic mass is 10.1. The third-order valence-corrected chi connectivity index (χ3v) is 4.54. The molecule has 8 heteroatoms. The zero-order valence-electron chi connectivity index (χ0n) is 13.2. The van der Waals surface area contributed by atoms with Crippen LogP contribution >= 0.6 is 0 Å². The van der Waals surface area contributed by atoms with Gasteiger partial charge in [-0.2, -0.15) is 0 Å². The summed E-state index contributed by atoms with van der Waals surface area (Å²) in [5, 5.41) is 14.2. The van der Waals surface area contributed by atoms with Gasteiger partial charge in [0.15, 0.2) is 9.84 Å². The molecule has 1 atom stereocenters. The van der Waals surface area contributed by atoms with Crippen LogP contribution in [-0.2, 0) is 16.3 Å². The number of sulfone groups is 1. The maximum absolute atomic E-state index is 13.2. The molecule has 0 aromatic heterocycles. The van der Waals surface area contributed by atoms with Crippen LogP contribution in [0.15, 0.2) is 47.4 Å². The molecule has 6 nitrogen and oxygen atoms in total. The minimum Gasteiger partial charge on any atom is -0.377 e. The lowest BCUT2D eigenvalue weighted by molar-refractivity contribution is -0.384. The van der Waals surface area contributed by atoms with Crippen molar-refractivity contribution >= 4 is 21.2 Å². The third kappa shape index (κ3) is 4.51. The predicted octanol–water partition coefficient (Wildman–Crippen LogP) is 3.18. The maximum atomic E-state index is 13.2. The normalized spacial score (nSPS) is 12.6. The molecule has 0 saturated heterocycles. The molecule has 0 heterocycles. The standard InChI is InChI=1S/C16H17FN2O4S/c1-11(8-12-4-3-5-13(17)9-12)18-15-7-6-14(24(2,22)23)10-16(15)19(20)21/h3-7,9-11,18H,8H2,1-2H3. The topological polar surface area (TPSA) is 89.3 Å². The fourth-order valence-corrected chi connectivity index (χ4v) is 2.99. The van der Waals surface area contributed by atoms with Gasteiger partial charge in [-0.1, -0.05) is 12.1 Å². The van der Waals surface area contributed by atoms with E-state index in [0.29, 0.717) is 6.42 Å². The van der Waals surface area contributed by atoms with E-state index in [-0.39, 0.29) is 28.1 Å². The number of halogens is 1. The molecule has 0 aliphatic carbocycles. The summed E-state index contributed by atoms with van der Waals surface area (Å²) in [7, 11) is -3.53. The van der Waals surface area contributed by atoms with Crippen molar-refractivity contribution in [3.05, 3.63) is 64.0 Å². The Kier molecular flexibility index (Phi) is 5.18. The highest BCUT2D eigenvalue weighted by atomic mass is 32.2. The van der Waals surface area contributed by atoms with Gasteiger partial charge in [-0.15, -0.1) is 0 Å². The van der Waals surface area contributed by atoms with Crippen molar-refractivity contribution in [2.45, 2.75) is 24.3 Å². The van der Waals surface area contributed by atoms with Gasteiger partial charge in [0, 0.05) is 18.4 Å².